The summed E-state index contributed by atoms with van der Waals surface area (Å²) in [4.78, 5) is 24.3. The lowest BCUT2D eigenvalue weighted by Gasteiger charge is -2.11. The third kappa shape index (κ3) is 2.81. The van der Waals surface area contributed by atoms with Gasteiger partial charge in [0.2, 0.25) is 0 Å². The molecule has 0 saturated carbocycles. The normalized spacial score (nSPS) is 16.2. The minimum Gasteiger partial charge on any atom is -0.386 e. The Morgan fingerprint density at radius 2 is 1.46 bits per heavy atom. The summed E-state index contributed by atoms with van der Waals surface area (Å²) < 4.78 is 7.02. The molecule has 134 valence electrons. The van der Waals surface area contributed by atoms with Gasteiger partial charge in [0, 0.05) is 17.1 Å². The van der Waals surface area contributed by atoms with Crippen LogP contribution in [0.4, 0.5) is 0 Å². The summed E-state index contributed by atoms with van der Waals surface area (Å²) in [6.45, 7) is 11.6. The number of aryl methyl sites for hydroxylation is 2. The van der Waals surface area contributed by atoms with E-state index in [4.69, 9.17) is 4.74 Å². The highest BCUT2D eigenvalue weighted by Gasteiger charge is 2.36. The van der Waals surface area contributed by atoms with Crippen molar-refractivity contribution in [2.75, 3.05) is 0 Å². The summed E-state index contributed by atoms with van der Waals surface area (Å²) in [5.41, 5.74) is 7.62. The van der Waals surface area contributed by atoms with Crippen molar-refractivity contribution >= 4 is 17.5 Å². The van der Waals surface area contributed by atoms with E-state index < -0.39 is 11.9 Å². The Morgan fingerprint density at radius 3 is 2.04 bits per heavy atom. The molecule has 4 heteroatoms. The molecule has 1 aliphatic heterocycles. The van der Waals surface area contributed by atoms with Gasteiger partial charge in [0.25, 0.3) is 0 Å². The first kappa shape index (κ1) is 17.9. The zero-order chi connectivity index (χ0) is 19.2. The van der Waals surface area contributed by atoms with E-state index in [9.17, 15) is 9.59 Å². The molecule has 4 nitrogen and oxygen atoms in total. The summed E-state index contributed by atoms with van der Waals surface area (Å²) in [6, 6.07) is 10.4. The molecule has 1 aromatic carbocycles. The van der Waals surface area contributed by atoms with Gasteiger partial charge in [-0.05, 0) is 70.9 Å². The number of rotatable bonds is 2. The van der Waals surface area contributed by atoms with Gasteiger partial charge >= 0.3 is 11.9 Å². The average Bonchev–Trinajstić information content (AvgIpc) is 3.03. The number of hydrogen-bond donors (Lipinski definition) is 0. The molecule has 3 rings (SSSR count). The predicted octanol–water partition coefficient (Wildman–Crippen LogP) is 4.60. The zero-order valence-corrected chi connectivity index (χ0v) is 16.1. The van der Waals surface area contributed by atoms with Crippen LogP contribution in [0.15, 0.2) is 47.1 Å². The average molecular weight is 349 g/mol. The van der Waals surface area contributed by atoms with E-state index in [1.807, 2.05) is 34.6 Å². The fourth-order valence-corrected chi connectivity index (χ4v) is 3.55. The molecule has 0 aliphatic carbocycles. The Bertz CT molecular complexity index is 981. The maximum atomic E-state index is 12.3. The van der Waals surface area contributed by atoms with Crippen LogP contribution in [-0.2, 0) is 14.3 Å². The van der Waals surface area contributed by atoms with Gasteiger partial charge in [-0.3, -0.25) is 0 Å². The van der Waals surface area contributed by atoms with Crippen molar-refractivity contribution < 1.29 is 14.3 Å². The summed E-state index contributed by atoms with van der Waals surface area (Å²) in [5, 5.41) is 0. The number of allylic oxidation sites excluding steroid dienone is 2. The van der Waals surface area contributed by atoms with Gasteiger partial charge in [0.1, 0.15) is 0 Å². The van der Waals surface area contributed by atoms with E-state index in [-0.39, 0.29) is 0 Å². The Balaban J connectivity index is 2.21. The fraction of sp³-hybridized carbons (Fsp3) is 0.273. The number of hydrogen-bond acceptors (Lipinski definition) is 3. The Kier molecular flexibility index (Phi) is 4.45. The first-order valence-corrected chi connectivity index (χ1v) is 8.64. The van der Waals surface area contributed by atoms with E-state index in [0.29, 0.717) is 11.1 Å². The molecular weight excluding hydrogens is 326 g/mol. The second kappa shape index (κ2) is 6.45. The zero-order valence-electron chi connectivity index (χ0n) is 16.1. The second-order valence-electron chi connectivity index (χ2n) is 7.01. The smallest absolute Gasteiger partial charge is 0.347 e. The summed E-state index contributed by atoms with van der Waals surface area (Å²) in [6.07, 6.45) is 0. The van der Waals surface area contributed by atoms with Crippen molar-refractivity contribution in [2.45, 2.75) is 41.5 Å². The maximum absolute atomic E-state index is 12.3. The molecule has 1 aliphatic rings. The van der Waals surface area contributed by atoms with Crippen molar-refractivity contribution in [3.63, 3.8) is 0 Å². The van der Waals surface area contributed by atoms with Crippen LogP contribution in [0, 0.1) is 20.8 Å². The first-order valence-electron chi connectivity index (χ1n) is 8.64. The highest BCUT2D eigenvalue weighted by Crippen LogP contribution is 2.35. The second-order valence-corrected chi connectivity index (χ2v) is 7.01. The number of cyclic esters (lactones) is 2. The quantitative estimate of drug-likeness (QED) is 0.452. The monoisotopic (exact) mass is 349 g/mol. The van der Waals surface area contributed by atoms with E-state index in [0.717, 1.165) is 33.8 Å². The number of ether oxygens (including phenoxy) is 1. The van der Waals surface area contributed by atoms with Crippen LogP contribution in [-0.4, -0.2) is 16.5 Å². The summed E-state index contributed by atoms with van der Waals surface area (Å²) in [7, 11) is 0. The van der Waals surface area contributed by atoms with E-state index in [1.165, 1.54) is 5.56 Å². The topological polar surface area (TPSA) is 48.3 Å². The lowest BCUT2D eigenvalue weighted by molar-refractivity contribution is -0.149. The van der Waals surface area contributed by atoms with Gasteiger partial charge in [-0.1, -0.05) is 23.3 Å². The van der Waals surface area contributed by atoms with Gasteiger partial charge in [-0.25, -0.2) is 9.59 Å². The van der Waals surface area contributed by atoms with E-state index in [2.05, 4.69) is 41.8 Å². The fourth-order valence-electron chi connectivity index (χ4n) is 3.55. The molecular formula is C22H23NO3. The SMILES string of the molecule is CC(C)=C1C(=O)OC(=O)/C1=C(\C)c1cc(C)n(-c2ccc(C)cc2)c1C. The Hall–Kier alpha value is -2.88. The first-order chi connectivity index (χ1) is 12.2. The van der Waals surface area contributed by atoms with E-state index >= 15 is 0 Å². The number of benzene rings is 1. The third-order valence-electron chi connectivity index (χ3n) is 4.85. The molecule has 0 amide bonds. The van der Waals surface area contributed by atoms with Gasteiger partial charge in [0.05, 0.1) is 11.1 Å². The molecule has 0 radical (unpaired) electrons. The van der Waals surface area contributed by atoms with Crippen LogP contribution in [0.2, 0.25) is 0 Å². The largest absolute Gasteiger partial charge is 0.386 e. The van der Waals surface area contributed by atoms with Crippen molar-refractivity contribution in [2.24, 2.45) is 0 Å². The summed E-state index contributed by atoms with van der Waals surface area (Å²) in [5.74, 6) is -1.12. The molecule has 1 saturated heterocycles. The minimum atomic E-state index is -0.566. The lowest BCUT2D eigenvalue weighted by atomic mass is 9.95. The number of nitrogens with zero attached hydrogens (tertiary/aromatic N) is 1. The van der Waals surface area contributed by atoms with Gasteiger partial charge in [-0.15, -0.1) is 0 Å². The molecule has 2 aromatic rings. The minimum absolute atomic E-state index is 0.374. The molecule has 2 heterocycles. The number of esters is 2. The Morgan fingerprint density at radius 1 is 0.885 bits per heavy atom. The molecule has 0 N–H and O–H groups in total. The van der Waals surface area contributed by atoms with Crippen LogP contribution >= 0.6 is 0 Å². The molecule has 0 atom stereocenters. The van der Waals surface area contributed by atoms with Crippen molar-refractivity contribution in [1.29, 1.82) is 0 Å². The van der Waals surface area contributed by atoms with Gasteiger partial charge in [0.15, 0.2) is 0 Å². The number of carbonyl (C=O) groups excluding carboxylic acids is 2. The van der Waals surface area contributed by atoms with Gasteiger partial charge in [-0.2, -0.15) is 0 Å². The van der Waals surface area contributed by atoms with Crippen molar-refractivity contribution in [3.8, 4) is 5.69 Å². The summed E-state index contributed by atoms with van der Waals surface area (Å²) >= 11 is 0. The van der Waals surface area contributed by atoms with Crippen molar-refractivity contribution in [3.05, 3.63) is 69.6 Å². The van der Waals surface area contributed by atoms with Crippen LogP contribution in [0.1, 0.15) is 43.3 Å². The molecule has 26 heavy (non-hydrogen) atoms. The van der Waals surface area contributed by atoms with E-state index in [1.54, 1.807) is 0 Å². The number of carbonyl (C=O) groups is 2. The van der Waals surface area contributed by atoms with Crippen molar-refractivity contribution in [1.82, 2.24) is 4.57 Å². The van der Waals surface area contributed by atoms with Gasteiger partial charge < -0.3 is 9.30 Å². The predicted molar refractivity (Wildman–Crippen MR) is 102 cm³/mol. The molecule has 0 bridgehead atoms. The molecule has 1 aromatic heterocycles. The molecule has 0 spiro atoms. The molecule has 0 unspecified atom stereocenters. The van der Waals surface area contributed by atoms with Crippen LogP contribution in [0.5, 0.6) is 0 Å². The molecule has 1 fully saturated rings. The lowest BCUT2D eigenvalue weighted by Crippen LogP contribution is -2.02. The third-order valence-corrected chi connectivity index (χ3v) is 4.85. The van der Waals surface area contributed by atoms with Crippen LogP contribution in [0.25, 0.3) is 11.3 Å². The maximum Gasteiger partial charge on any atom is 0.347 e. The van der Waals surface area contributed by atoms with Crippen LogP contribution < -0.4 is 0 Å². The Labute approximate surface area is 153 Å². The van der Waals surface area contributed by atoms with Crippen LogP contribution in [0.3, 0.4) is 0 Å². The highest BCUT2D eigenvalue weighted by atomic mass is 16.6. The number of aromatic nitrogens is 1. The highest BCUT2D eigenvalue weighted by molar-refractivity contribution is 6.22. The standard InChI is InChI=1S/C22H23NO3/c1-12(2)19-20(22(25)26-21(19)24)15(5)18-11-14(4)23(16(18)6)17-9-7-13(3)8-10-17/h7-11H,1-6H3/b20-15+.